The molecule has 3 nitrogen and oxygen atoms in total. The zero-order valence-electron chi connectivity index (χ0n) is 19.4. The van der Waals surface area contributed by atoms with E-state index in [1.165, 1.54) is 7.11 Å². The van der Waals surface area contributed by atoms with Crippen LogP contribution in [0.5, 0.6) is 5.75 Å². The zero-order chi connectivity index (χ0) is 23.4. The minimum atomic E-state index is -0.788. The van der Waals surface area contributed by atoms with Gasteiger partial charge in [-0.05, 0) is 86.5 Å². The molecule has 0 aliphatic heterocycles. The maximum absolute atomic E-state index is 14.8. The van der Waals surface area contributed by atoms with E-state index >= 15 is 0 Å². The predicted molar refractivity (Wildman–Crippen MR) is 121 cm³/mol. The van der Waals surface area contributed by atoms with Crippen molar-refractivity contribution in [2.45, 2.75) is 82.0 Å². The maximum Gasteiger partial charge on any atom is 0.165 e. The molecule has 0 N–H and O–H groups in total. The molecule has 2 aromatic carbocycles. The maximum atomic E-state index is 14.8. The van der Waals surface area contributed by atoms with E-state index in [1.54, 1.807) is 31.4 Å². The zero-order valence-corrected chi connectivity index (χ0v) is 19.4. The van der Waals surface area contributed by atoms with Gasteiger partial charge in [0.05, 0.1) is 25.9 Å². The van der Waals surface area contributed by atoms with Gasteiger partial charge in [-0.2, -0.15) is 0 Å². The Morgan fingerprint density at radius 3 is 2.06 bits per heavy atom. The molecule has 2 aliphatic rings. The van der Waals surface area contributed by atoms with Crippen molar-refractivity contribution in [3.05, 3.63) is 64.5 Å². The highest BCUT2D eigenvalue weighted by atomic mass is 19.2. The number of ether oxygens (including phenoxy) is 3. The Morgan fingerprint density at radius 1 is 0.758 bits per heavy atom. The standard InChI is InChI=1S/C27H33F3O3/c1-31-21-9-5-18(6-10-21)23-13-7-20(26(29)27(23)30)16-33-22-11-3-17(4-12-22)19-8-14-25(32-2)24(28)15-19/h7-8,13-15,17-18,21-22H,3-6,9-12,16H2,1-2H3. The molecular weight excluding hydrogens is 429 g/mol. The molecule has 2 aromatic rings. The van der Waals surface area contributed by atoms with Gasteiger partial charge in [-0.1, -0.05) is 18.2 Å². The summed E-state index contributed by atoms with van der Waals surface area (Å²) in [5, 5.41) is 0. The van der Waals surface area contributed by atoms with E-state index in [0.717, 1.165) is 56.9 Å². The molecule has 2 aliphatic carbocycles. The molecule has 0 spiro atoms. The second-order valence-electron chi connectivity index (χ2n) is 9.33. The van der Waals surface area contributed by atoms with Crippen molar-refractivity contribution in [3.8, 4) is 5.75 Å². The van der Waals surface area contributed by atoms with Crippen LogP contribution in [0, 0.1) is 17.5 Å². The molecular formula is C27H33F3O3. The van der Waals surface area contributed by atoms with Crippen LogP contribution in [-0.4, -0.2) is 26.4 Å². The summed E-state index contributed by atoms with van der Waals surface area (Å²) < 4.78 is 59.9. The third-order valence-corrected chi connectivity index (χ3v) is 7.44. The molecule has 0 heterocycles. The molecule has 0 atom stereocenters. The van der Waals surface area contributed by atoms with Gasteiger partial charge in [0.15, 0.2) is 23.2 Å². The van der Waals surface area contributed by atoms with Gasteiger partial charge in [-0.3, -0.25) is 0 Å². The lowest BCUT2D eigenvalue weighted by Crippen LogP contribution is -2.21. The molecule has 0 bridgehead atoms. The van der Waals surface area contributed by atoms with E-state index in [0.29, 0.717) is 5.56 Å². The Kier molecular flexibility index (Phi) is 7.97. The lowest BCUT2D eigenvalue weighted by molar-refractivity contribution is 0.0118. The third kappa shape index (κ3) is 5.55. The van der Waals surface area contributed by atoms with Crippen molar-refractivity contribution >= 4 is 0 Å². The van der Waals surface area contributed by atoms with Crippen LogP contribution in [0.25, 0.3) is 0 Å². The molecule has 2 saturated carbocycles. The van der Waals surface area contributed by atoms with Crippen LogP contribution in [0.3, 0.4) is 0 Å². The molecule has 2 fully saturated rings. The molecule has 0 unspecified atom stereocenters. The Bertz CT molecular complexity index is 932. The molecule has 0 aromatic heterocycles. The minimum absolute atomic E-state index is 0.00388. The first-order valence-electron chi connectivity index (χ1n) is 11.9. The van der Waals surface area contributed by atoms with Crippen LogP contribution in [-0.2, 0) is 16.1 Å². The predicted octanol–water partition coefficient (Wildman–Crippen LogP) is 7.03. The Labute approximate surface area is 194 Å². The van der Waals surface area contributed by atoms with Gasteiger partial charge in [-0.25, -0.2) is 13.2 Å². The van der Waals surface area contributed by atoms with Gasteiger partial charge in [0.2, 0.25) is 0 Å². The molecule has 0 amide bonds. The molecule has 180 valence electrons. The molecule has 0 saturated heterocycles. The second kappa shape index (κ2) is 10.9. The van der Waals surface area contributed by atoms with Gasteiger partial charge >= 0.3 is 0 Å². The van der Waals surface area contributed by atoms with Gasteiger partial charge < -0.3 is 14.2 Å². The fourth-order valence-corrected chi connectivity index (χ4v) is 5.35. The summed E-state index contributed by atoms with van der Waals surface area (Å²) >= 11 is 0. The summed E-state index contributed by atoms with van der Waals surface area (Å²) in [7, 11) is 3.15. The fourth-order valence-electron chi connectivity index (χ4n) is 5.35. The van der Waals surface area contributed by atoms with Crippen molar-refractivity contribution in [1.29, 1.82) is 0 Å². The number of halogens is 3. The van der Waals surface area contributed by atoms with Crippen LogP contribution in [0.1, 0.15) is 79.9 Å². The van der Waals surface area contributed by atoms with Crippen LogP contribution in [0.4, 0.5) is 13.2 Å². The highest BCUT2D eigenvalue weighted by Gasteiger charge is 2.27. The Hall–Kier alpha value is -2.05. The SMILES string of the molecule is COc1ccc(C2CCC(OCc3ccc(C4CCC(OC)CC4)c(F)c3F)CC2)cc1F. The first-order chi connectivity index (χ1) is 16.0. The molecule has 4 rings (SSSR count). The topological polar surface area (TPSA) is 27.7 Å². The lowest BCUT2D eigenvalue weighted by Gasteiger charge is -2.29. The lowest BCUT2D eigenvalue weighted by atomic mass is 9.82. The monoisotopic (exact) mass is 462 g/mol. The van der Waals surface area contributed by atoms with Crippen LogP contribution < -0.4 is 4.74 Å². The van der Waals surface area contributed by atoms with Crippen molar-refractivity contribution in [2.24, 2.45) is 0 Å². The number of hydrogen-bond donors (Lipinski definition) is 0. The van der Waals surface area contributed by atoms with Gasteiger partial charge in [-0.15, -0.1) is 0 Å². The number of hydrogen-bond acceptors (Lipinski definition) is 3. The van der Waals surface area contributed by atoms with E-state index in [4.69, 9.17) is 14.2 Å². The average Bonchev–Trinajstić information content (AvgIpc) is 2.85. The first-order valence-corrected chi connectivity index (χ1v) is 11.9. The molecule has 33 heavy (non-hydrogen) atoms. The summed E-state index contributed by atoms with van der Waals surface area (Å²) in [6, 6.07) is 8.52. The largest absolute Gasteiger partial charge is 0.494 e. The Morgan fingerprint density at radius 2 is 1.42 bits per heavy atom. The second-order valence-corrected chi connectivity index (χ2v) is 9.33. The van der Waals surface area contributed by atoms with Crippen molar-refractivity contribution in [1.82, 2.24) is 0 Å². The van der Waals surface area contributed by atoms with Crippen molar-refractivity contribution in [2.75, 3.05) is 14.2 Å². The number of rotatable bonds is 7. The van der Waals surface area contributed by atoms with Gasteiger partial charge in [0, 0.05) is 12.7 Å². The number of benzene rings is 2. The van der Waals surface area contributed by atoms with Crippen molar-refractivity contribution < 1.29 is 27.4 Å². The summed E-state index contributed by atoms with van der Waals surface area (Å²) in [5.74, 6) is -1.31. The smallest absolute Gasteiger partial charge is 0.165 e. The Balaban J connectivity index is 1.30. The van der Waals surface area contributed by atoms with Crippen LogP contribution in [0.2, 0.25) is 0 Å². The van der Waals surface area contributed by atoms with Gasteiger partial charge in [0.1, 0.15) is 0 Å². The highest BCUT2D eigenvalue weighted by molar-refractivity contribution is 5.32. The molecule has 6 heteroatoms. The average molecular weight is 463 g/mol. The van der Waals surface area contributed by atoms with E-state index in [1.807, 2.05) is 6.07 Å². The van der Waals surface area contributed by atoms with E-state index in [-0.39, 0.29) is 47.8 Å². The normalized spacial score (nSPS) is 25.7. The summed E-state index contributed by atoms with van der Waals surface area (Å²) in [6.07, 6.45) is 6.95. The first kappa shape index (κ1) is 24.1. The van der Waals surface area contributed by atoms with Gasteiger partial charge in [0.25, 0.3) is 0 Å². The quantitative estimate of drug-likeness (QED) is 0.442. The fraction of sp³-hybridized carbons (Fsp3) is 0.556. The molecule has 0 radical (unpaired) electrons. The minimum Gasteiger partial charge on any atom is -0.494 e. The highest BCUT2D eigenvalue weighted by Crippen LogP contribution is 2.38. The van der Waals surface area contributed by atoms with Crippen LogP contribution >= 0.6 is 0 Å². The van der Waals surface area contributed by atoms with Crippen LogP contribution in [0.15, 0.2) is 30.3 Å². The summed E-state index contributed by atoms with van der Waals surface area (Å²) in [6.45, 7) is 0.0615. The van der Waals surface area contributed by atoms with E-state index in [9.17, 15) is 13.2 Å². The summed E-state index contributed by atoms with van der Waals surface area (Å²) in [4.78, 5) is 0. The van der Waals surface area contributed by atoms with E-state index in [2.05, 4.69) is 0 Å². The van der Waals surface area contributed by atoms with Crippen molar-refractivity contribution in [3.63, 3.8) is 0 Å². The van der Waals surface area contributed by atoms with E-state index < -0.39 is 11.6 Å². The summed E-state index contributed by atoms with van der Waals surface area (Å²) in [5.41, 5.74) is 1.70. The third-order valence-electron chi connectivity index (χ3n) is 7.44. The number of methoxy groups -OCH3 is 2.